The topological polar surface area (TPSA) is 49.3 Å². The van der Waals surface area contributed by atoms with E-state index < -0.39 is 5.97 Å². The lowest BCUT2D eigenvalue weighted by Crippen LogP contribution is -1.98. The molecule has 0 aliphatic rings. The Morgan fingerprint density at radius 2 is 1.76 bits per heavy atom. The summed E-state index contributed by atoms with van der Waals surface area (Å²) in [6, 6.07) is 14.6. The molecule has 86 valence electrons. The minimum absolute atomic E-state index is 0.248. The van der Waals surface area contributed by atoms with E-state index in [0.29, 0.717) is 0 Å². The van der Waals surface area contributed by atoms with Crippen LogP contribution in [0.2, 0.25) is 0 Å². The zero-order valence-corrected chi connectivity index (χ0v) is 10.4. The summed E-state index contributed by atoms with van der Waals surface area (Å²) in [7, 11) is 0. The number of halogens is 1. The summed E-state index contributed by atoms with van der Waals surface area (Å²) in [4.78, 5) is 10.9. The van der Waals surface area contributed by atoms with Crippen molar-refractivity contribution in [2.24, 2.45) is 0 Å². The summed E-state index contributed by atoms with van der Waals surface area (Å²) >= 11 is 3.29. The molecular weight excluding hydrogens is 282 g/mol. The average molecular weight is 292 g/mol. The minimum atomic E-state index is -0.942. The predicted molar refractivity (Wildman–Crippen MR) is 70.8 cm³/mol. The fraction of sp³-hybridized carbons (Fsp3) is 0. The molecular formula is C13H10BrNO2. The van der Waals surface area contributed by atoms with Crippen molar-refractivity contribution in [3.05, 3.63) is 58.6 Å². The van der Waals surface area contributed by atoms with Gasteiger partial charge in [0.05, 0.1) is 5.56 Å². The second kappa shape index (κ2) is 5.01. The van der Waals surface area contributed by atoms with Crippen molar-refractivity contribution < 1.29 is 9.90 Å². The number of hydrogen-bond acceptors (Lipinski definition) is 2. The van der Waals surface area contributed by atoms with Gasteiger partial charge in [0.1, 0.15) is 0 Å². The quantitative estimate of drug-likeness (QED) is 0.902. The number of carboxylic acid groups (broad SMARTS) is 1. The molecule has 0 aliphatic carbocycles. The van der Waals surface area contributed by atoms with Crippen LogP contribution in [0.25, 0.3) is 0 Å². The SMILES string of the molecule is O=C(O)c1cc(Br)cc(Nc2ccccc2)c1. The van der Waals surface area contributed by atoms with Crippen LogP contribution in [0.5, 0.6) is 0 Å². The van der Waals surface area contributed by atoms with E-state index >= 15 is 0 Å². The Morgan fingerprint density at radius 1 is 1.06 bits per heavy atom. The number of carboxylic acids is 1. The Morgan fingerprint density at radius 3 is 2.41 bits per heavy atom. The van der Waals surface area contributed by atoms with Gasteiger partial charge in [-0.15, -0.1) is 0 Å². The number of hydrogen-bond donors (Lipinski definition) is 2. The standard InChI is InChI=1S/C13H10BrNO2/c14-10-6-9(13(16)17)7-12(8-10)15-11-4-2-1-3-5-11/h1-8,15H,(H,16,17). The Balaban J connectivity index is 2.30. The van der Waals surface area contributed by atoms with Crippen molar-refractivity contribution >= 4 is 33.3 Å². The van der Waals surface area contributed by atoms with Gasteiger partial charge in [-0.1, -0.05) is 34.1 Å². The van der Waals surface area contributed by atoms with Gasteiger partial charge in [0.2, 0.25) is 0 Å². The zero-order chi connectivity index (χ0) is 12.3. The number of anilines is 2. The van der Waals surface area contributed by atoms with Gasteiger partial charge in [-0.2, -0.15) is 0 Å². The number of carbonyl (C=O) groups is 1. The fourth-order valence-electron chi connectivity index (χ4n) is 1.47. The highest BCUT2D eigenvalue weighted by Gasteiger charge is 2.05. The second-order valence-corrected chi connectivity index (χ2v) is 4.44. The lowest BCUT2D eigenvalue weighted by molar-refractivity contribution is 0.0697. The van der Waals surface area contributed by atoms with Crippen LogP contribution in [0.15, 0.2) is 53.0 Å². The summed E-state index contributed by atoms with van der Waals surface area (Å²) in [6.45, 7) is 0. The molecule has 2 aromatic carbocycles. The molecule has 0 unspecified atom stereocenters. The Kier molecular flexibility index (Phi) is 3.44. The maximum Gasteiger partial charge on any atom is 0.335 e. The molecule has 0 saturated carbocycles. The smallest absolute Gasteiger partial charge is 0.335 e. The lowest BCUT2D eigenvalue weighted by Gasteiger charge is -2.07. The van der Waals surface area contributed by atoms with Gasteiger partial charge in [0.25, 0.3) is 0 Å². The maximum absolute atomic E-state index is 10.9. The zero-order valence-electron chi connectivity index (χ0n) is 8.85. The first-order valence-electron chi connectivity index (χ1n) is 5.01. The molecule has 4 heteroatoms. The van der Waals surface area contributed by atoms with Crippen LogP contribution in [0.4, 0.5) is 11.4 Å². The van der Waals surface area contributed by atoms with E-state index in [4.69, 9.17) is 5.11 Å². The molecule has 0 heterocycles. The largest absolute Gasteiger partial charge is 0.478 e. The molecule has 0 amide bonds. The molecule has 0 aliphatic heterocycles. The Hall–Kier alpha value is -1.81. The van der Waals surface area contributed by atoms with E-state index in [1.807, 2.05) is 36.4 Å². The lowest BCUT2D eigenvalue weighted by atomic mass is 10.2. The summed E-state index contributed by atoms with van der Waals surface area (Å²) in [6.07, 6.45) is 0. The van der Waals surface area contributed by atoms with Gasteiger partial charge >= 0.3 is 5.97 Å². The van der Waals surface area contributed by atoms with Crippen LogP contribution in [0.3, 0.4) is 0 Å². The second-order valence-electron chi connectivity index (χ2n) is 3.52. The van der Waals surface area contributed by atoms with Crippen LogP contribution in [-0.2, 0) is 0 Å². The molecule has 17 heavy (non-hydrogen) atoms. The molecule has 0 aromatic heterocycles. The molecule has 0 atom stereocenters. The molecule has 2 N–H and O–H groups in total. The third-order valence-corrected chi connectivity index (χ3v) is 2.67. The van der Waals surface area contributed by atoms with E-state index in [2.05, 4.69) is 21.2 Å². The molecule has 2 aromatic rings. The Labute approximate surface area is 107 Å². The summed E-state index contributed by atoms with van der Waals surface area (Å²) < 4.78 is 0.732. The van der Waals surface area contributed by atoms with Crippen molar-refractivity contribution in [2.75, 3.05) is 5.32 Å². The number of para-hydroxylation sites is 1. The third kappa shape index (κ3) is 3.07. The van der Waals surface area contributed by atoms with Gasteiger partial charge in [-0.25, -0.2) is 4.79 Å². The summed E-state index contributed by atoms with van der Waals surface area (Å²) in [5.74, 6) is -0.942. The molecule has 0 spiro atoms. The number of aromatic carboxylic acids is 1. The van der Waals surface area contributed by atoms with E-state index in [1.54, 1.807) is 12.1 Å². The van der Waals surface area contributed by atoms with Crippen LogP contribution < -0.4 is 5.32 Å². The third-order valence-electron chi connectivity index (χ3n) is 2.21. The van der Waals surface area contributed by atoms with Crippen molar-refractivity contribution in [1.29, 1.82) is 0 Å². The van der Waals surface area contributed by atoms with Gasteiger partial charge in [0.15, 0.2) is 0 Å². The normalized spacial score (nSPS) is 9.94. The molecule has 2 rings (SSSR count). The van der Waals surface area contributed by atoms with Gasteiger partial charge in [0, 0.05) is 15.8 Å². The van der Waals surface area contributed by atoms with Crippen LogP contribution in [-0.4, -0.2) is 11.1 Å². The Bertz CT molecular complexity index is 540. The van der Waals surface area contributed by atoms with E-state index in [1.165, 1.54) is 0 Å². The molecule has 0 radical (unpaired) electrons. The molecule has 0 fully saturated rings. The average Bonchev–Trinajstić information content (AvgIpc) is 2.29. The van der Waals surface area contributed by atoms with Crippen molar-refractivity contribution in [3.8, 4) is 0 Å². The van der Waals surface area contributed by atoms with Gasteiger partial charge in [-0.3, -0.25) is 0 Å². The number of rotatable bonds is 3. The van der Waals surface area contributed by atoms with E-state index in [-0.39, 0.29) is 5.56 Å². The summed E-state index contributed by atoms with van der Waals surface area (Å²) in [5, 5.41) is 12.1. The maximum atomic E-state index is 10.9. The monoisotopic (exact) mass is 291 g/mol. The van der Waals surface area contributed by atoms with Crippen molar-refractivity contribution in [1.82, 2.24) is 0 Å². The first-order chi connectivity index (χ1) is 8.15. The van der Waals surface area contributed by atoms with Crippen molar-refractivity contribution in [2.45, 2.75) is 0 Å². The molecule has 3 nitrogen and oxygen atoms in total. The van der Waals surface area contributed by atoms with Gasteiger partial charge < -0.3 is 10.4 Å². The van der Waals surface area contributed by atoms with Crippen LogP contribution in [0, 0.1) is 0 Å². The van der Waals surface area contributed by atoms with Crippen molar-refractivity contribution in [3.63, 3.8) is 0 Å². The molecule has 0 saturated heterocycles. The molecule has 0 bridgehead atoms. The number of benzene rings is 2. The first kappa shape index (κ1) is 11.7. The van der Waals surface area contributed by atoms with E-state index in [9.17, 15) is 4.79 Å². The highest BCUT2D eigenvalue weighted by atomic mass is 79.9. The minimum Gasteiger partial charge on any atom is -0.478 e. The van der Waals surface area contributed by atoms with Crippen LogP contribution >= 0.6 is 15.9 Å². The fourth-order valence-corrected chi connectivity index (χ4v) is 1.97. The predicted octanol–water partition coefficient (Wildman–Crippen LogP) is 3.89. The highest BCUT2D eigenvalue weighted by molar-refractivity contribution is 9.10. The van der Waals surface area contributed by atoms with E-state index in [0.717, 1.165) is 15.8 Å². The highest BCUT2D eigenvalue weighted by Crippen LogP contribution is 2.22. The van der Waals surface area contributed by atoms with Crippen LogP contribution in [0.1, 0.15) is 10.4 Å². The number of nitrogens with one attached hydrogen (secondary N) is 1. The first-order valence-corrected chi connectivity index (χ1v) is 5.80. The van der Waals surface area contributed by atoms with Gasteiger partial charge in [-0.05, 0) is 30.3 Å². The summed E-state index contributed by atoms with van der Waals surface area (Å²) in [5.41, 5.74) is 1.91.